The van der Waals surface area contributed by atoms with Crippen LogP contribution in [0.5, 0.6) is 0 Å². The van der Waals surface area contributed by atoms with E-state index in [9.17, 15) is 9.18 Å². The van der Waals surface area contributed by atoms with Gasteiger partial charge in [0.15, 0.2) is 0 Å². The molecule has 0 saturated carbocycles. The highest BCUT2D eigenvalue weighted by atomic mass is 19.1. The Morgan fingerprint density at radius 3 is 2.57 bits per heavy atom. The monoisotopic (exact) mass is 288 g/mol. The van der Waals surface area contributed by atoms with Gasteiger partial charge in [-0.05, 0) is 45.0 Å². The smallest absolute Gasteiger partial charge is 0.342 e. The molecule has 0 spiro atoms. The molecule has 0 amide bonds. The molecule has 0 aliphatic heterocycles. The van der Waals surface area contributed by atoms with E-state index in [0.29, 0.717) is 0 Å². The number of esters is 1. The third-order valence-electron chi connectivity index (χ3n) is 2.55. The molecule has 2 aromatic rings. The Labute approximate surface area is 123 Å². The third-order valence-corrected chi connectivity index (χ3v) is 2.55. The minimum Gasteiger partial charge on any atom is -0.456 e. The molecule has 5 heteroatoms. The average Bonchev–Trinajstić information content (AvgIpc) is 2.40. The average molecular weight is 288 g/mol. The van der Waals surface area contributed by atoms with Crippen molar-refractivity contribution in [3.63, 3.8) is 0 Å². The minimum atomic E-state index is -0.609. The summed E-state index contributed by atoms with van der Waals surface area (Å²) in [4.78, 5) is 16.2. The van der Waals surface area contributed by atoms with Gasteiger partial charge in [-0.2, -0.15) is 0 Å². The molecule has 0 aliphatic carbocycles. The van der Waals surface area contributed by atoms with E-state index >= 15 is 0 Å². The van der Waals surface area contributed by atoms with Gasteiger partial charge >= 0.3 is 5.97 Å². The Hall–Kier alpha value is -2.43. The Morgan fingerprint density at radius 1 is 1.19 bits per heavy atom. The predicted octanol–water partition coefficient (Wildman–Crippen LogP) is 3.92. The van der Waals surface area contributed by atoms with Gasteiger partial charge in [0.05, 0.1) is 5.69 Å². The van der Waals surface area contributed by atoms with E-state index in [4.69, 9.17) is 4.74 Å². The first-order chi connectivity index (χ1) is 9.87. The molecule has 0 atom stereocenters. The van der Waals surface area contributed by atoms with Crippen molar-refractivity contribution in [2.45, 2.75) is 26.4 Å². The van der Waals surface area contributed by atoms with Crippen LogP contribution in [0.2, 0.25) is 0 Å². The van der Waals surface area contributed by atoms with Gasteiger partial charge in [0.25, 0.3) is 0 Å². The van der Waals surface area contributed by atoms with Crippen LogP contribution in [0.4, 0.5) is 15.9 Å². The van der Waals surface area contributed by atoms with Gasteiger partial charge in [0, 0.05) is 6.20 Å². The highest BCUT2D eigenvalue weighted by Crippen LogP contribution is 2.22. The van der Waals surface area contributed by atoms with Crippen molar-refractivity contribution >= 4 is 17.5 Å². The van der Waals surface area contributed by atoms with Crippen molar-refractivity contribution in [2.24, 2.45) is 0 Å². The van der Waals surface area contributed by atoms with Crippen LogP contribution in [0.3, 0.4) is 0 Å². The summed E-state index contributed by atoms with van der Waals surface area (Å²) in [7, 11) is 0. The van der Waals surface area contributed by atoms with Crippen molar-refractivity contribution in [3.05, 3.63) is 54.0 Å². The zero-order valence-electron chi connectivity index (χ0n) is 12.2. The van der Waals surface area contributed by atoms with Gasteiger partial charge in [-0.1, -0.05) is 12.1 Å². The quantitative estimate of drug-likeness (QED) is 0.870. The van der Waals surface area contributed by atoms with Crippen molar-refractivity contribution in [2.75, 3.05) is 5.32 Å². The number of carbonyl (C=O) groups excluding carboxylic acids is 1. The molecule has 21 heavy (non-hydrogen) atoms. The molecule has 4 nitrogen and oxygen atoms in total. The number of rotatable bonds is 3. The van der Waals surface area contributed by atoms with Gasteiger partial charge in [-0.3, -0.25) is 0 Å². The second kappa shape index (κ2) is 5.91. The van der Waals surface area contributed by atoms with Crippen molar-refractivity contribution < 1.29 is 13.9 Å². The molecule has 0 saturated heterocycles. The fraction of sp³-hybridized carbons (Fsp3) is 0.250. The number of para-hydroxylation sites is 1. The molecule has 0 radical (unpaired) electrons. The maximum atomic E-state index is 13.7. The van der Waals surface area contributed by atoms with Crippen molar-refractivity contribution in [3.8, 4) is 0 Å². The highest BCUT2D eigenvalue weighted by molar-refractivity contribution is 5.95. The largest absolute Gasteiger partial charge is 0.456 e. The Bertz CT molecular complexity index is 651. The lowest BCUT2D eigenvalue weighted by molar-refractivity contribution is 0.00704. The molecule has 0 aliphatic rings. The van der Waals surface area contributed by atoms with Crippen LogP contribution < -0.4 is 5.32 Å². The molecular weight excluding hydrogens is 271 g/mol. The van der Waals surface area contributed by atoms with Crippen LogP contribution in [0, 0.1) is 5.82 Å². The summed E-state index contributed by atoms with van der Waals surface area (Å²) in [5.41, 5.74) is -0.0981. The molecule has 1 aromatic heterocycles. The number of halogens is 1. The molecule has 1 aromatic carbocycles. The number of hydrogen-bond donors (Lipinski definition) is 1. The molecule has 0 bridgehead atoms. The zero-order chi connectivity index (χ0) is 15.5. The molecule has 110 valence electrons. The Balaban J connectivity index is 2.29. The second-order valence-electron chi connectivity index (χ2n) is 5.51. The molecule has 2 rings (SSSR count). The van der Waals surface area contributed by atoms with E-state index < -0.39 is 17.4 Å². The number of nitrogens with zero attached hydrogens (tertiary/aromatic N) is 1. The van der Waals surface area contributed by atoms with Crippen LogP contribution in [0.15, 0.2) is 42.6 Å². The maximum Gasteiger partial charge on any atom is 0.342 e. The minimum absolute atomic E-state index is 0.251. The fourth-order valence-electron chi connectivity index (χ4n) is 1.69. The van der Waals surface area contributed by atoms with Gasteiger partial charge in [-0.25, -0.2) is 14.2 Å². The first kappa shape index (κ1) is 15.0. The predicted molar refractivity (Wildman–Crippen MR) is 79.1 cm³/mol. The number of carbonyl (C=O) groups is 1. The van der Waals surface area contributed by atoms with E-state index in [2.05, 4.69) is 10.3 Å². The van der Waals surface area contributed by atoms with Crippen LogP contribution in [-0.2, 0) is 4.74 Å². The lowest BCUT2D eigenvalue weighted by atomic mass is 10.2. The number of ether oxygens (including phenoxy) is 1. The van der Waals surface area contributed by atoms with E-state index in [1.807, 2.05) is 0 Å². The van der Waals surface area contributed by atoms with Crippen molar-refractivity contribution in [1.82, 2.24) is 4.98 Å². The van der Waals surface area contributed by atoms with Crippen molar-refractivity contribution in [1.29, 1.82) is 0 Å². The highest BCUT2D eigenvalue weighted by Gasteiger charge is 2.21. The molecule has 1 heterocycles. The number of benzene rings is 1. The first-order valence-electron chi connectivity index (χ1n) is 6.57. The Morgan fingerprint density at radius 2 is 1.90 bits per heavy atom. The van der Waals surface area contributed by atoms with Gasteiger partial charge in [0.1, 0.15) is 22.8 Å². The van der Waals surface area contributed by atoms with Crippen LogP contribution in [0.1, 0.15) is 31.1 Å². The van der Waals surface area contributed by atoms with Crippen LogP contribution in [0.25, 0.3) is 0 Å². The molecule has 1 N–H and O–H groups in total. The third kappa shape index (κ3) is 4.02. The number of pyridine rings is 1. The summed E-state index contributed by atoms with van der Waals surface area (Å²) in [6.45, 7) is 5.35. The van der Waals surface area contributed by atoms with Gasteiger partial charge < -0.3 is 10.1 Å². The van der Waals surface area contributed by atoms with E-state index in [1.165, 1.54) is 12.3 Å². The Kier molecular flexibility index (Phi) is 4.21. The lowest BCUT2D eigenvalue weighted by Gasteiger charge is -2.20. The molecular formula is C16H17FN2O2. The van der Waals surface area contributed by atoms with E-state index in [1.54, 1.807) is 51.1 Å². The summed E-state index contributed by atoms with van der Waals surface area (Å²) in [5, 5.41) is 2.82. The van der Waals surface area contributed by atoms with E-state index in [-0.39, 0.29) is 17.1 Å². The number of hydrogen-bond acceptors (Lipinski definition) is 4. The van der Waals surface area contributed by atoms with Crippen LogP contribution in [-0.4, -0.2) is 16.6 Å². The molecule has 0 unspecified atom stereocenters. The fourth-order valence-corrected chi connectivity index (χ4v) is 1.69. The number of anilines is 2. The number of aromatic nitrogens is 1. The summed E-state index contributed by atoms with van der Waals surface area (Å²) in [6, 6.07) is 9.41. The summed E-state index contributed by atoms with van der Waals surface area (Å²) in [6.07, 6.45) is 1.52. The number of nitrogens with one attached hydrogen (secondary N) is 1. The summed E-state index contributed by atoms with van der Waals surface area (Å²) >= 11 is 0. The normalized spacial score (nSPS) is 11.0. The zero-order valence-corrected chi connectivity index (χ0v) is 12.2. The van der Waals surface area contributed by atoms with Gasteiger partial charge in [0.2, 0.25) is 0 Å². The summed E-state index contributed by atoms with van der Waals surface area (Å²) in [5.74, 6) is -0.662. The van der Waals surface area contributed by atoms with Gasteiger partial charge in [-0.15, -0.1) is 0 Å². The van der Waals surface area contributed by atoms with E-state index in [0.717, 1.165) is 0 Å². The standard InChI is InChI=1S/C16H17FN2O2/c1-16(2,3)21-15(20)11-7-6-10-18-14(11)19-13-9-5-4-8-12(13)17/h4-10H,1-3H3,(H,18,19). The lowest BCUT2D eigenvalue weighted by Crippen LogP contribution is -2.24. The first-order valence-corrected chi connectivity index (χ1v) is 6.57. The SMILES string of the molecule is CC(C)(C)OC(=O)c1cccnc1Nc1ccccc1F. The molecule has 0 fully saturated rings. The second-order valence-corrected chi connectivity index (χ2v) is 5.51. The topological polar surface area (TPSA) is 51.2 Å². The summed E-state index contributed by atoms with van der Waals surface area (Å²) < 4.78 is 19.0. The van der Waals surface area contributed by atoms with Crippen LogP contribution >= 0.6 is 0 Å². The maximum absolute atomic E-state index is 13.7.